The summed E-state index contributed by atoms with van der Waals surface area (Å²) < 4.78 is 1.98. The van der Waals surface area contributed by atoms with E-state index in [4.69, 9.17) is 17.3 Å². The molecule has 112 valence electrons. The van der Waals surface area contributed by atoms with Crippen molar-refractivity contribution in [2.75, 3.05) is 0 Å². The highest BCUT2D eigenvalue weighted by Gasteiger charge is 2.13. The van der Waals surface area contributed by atoms with Gasteiger partial charge in [-0.15, -0.1) is 0 Å². The molecule has 0 aliphatic rings. The molecule has 1 heterocycles. The number of nitrogens with two attached hydrogens (primary N) is 1. The van der Waals surface area contributed by atoms with Gasteiger partial charge in [-0.3, -0.25) is 10.1 Å². The second-order valence-electron chi connectivity index (χ2n) is 5.42. The van der Waals surface area contributed by atoms with Crippen molar-refractivity contribution >= 4 is 17.3 Å². The van der Waals surface area contributed by atoms with Gasteiger partial charge in [-0.05, 0) is 29.2 Å². The molecule has 1 atom stereocenters. The van der Waals surface area contributed by atoms with Crippen LogP contribution >= 0.6 is 11.6 Å². The average Bonchev–Trinajstić information content (AvgIpc) is 2.88. The molecule has 1 aromatic carbocycles. The molecule has 0 spiro atoms. The molecule has 21 heavy (non-hydrogen) atoms. The Morgan fingerprint density at radius 3 is 2.67 bits per heavy atom. The molecule has 0 aliphatic heterocycles. The summed E-state index contributed by atoms with van der Waals surface area (Å²) in [5, 5.41) is 11.1. The lowest BCUT2D eigenvalue weighted by molar-refractivity contribution is -0.384. The second-order valence-corrected chi connectivity index (χ2v) is 5.83. The lowest BCUT2D eigenvalue weighted by atomic mass is 10.00. The van der Waals surface area contributed by atoms with Crippen molar-refractivity contribution in [2.45, 2.75) is 26.4 Å². The van der Waals surface area contributed by atoms with Gasteiger partial charge in [0.25, 0.3) is 5.69 Å². The molecular weight excluding hydrogens is 290 g/mol. The Bertz CT molecular complexity index is 652. The van der Waals surface area contributed by atoms with Crippen molar-refractivity contribution in [3.8, 4) is 0 Å². The summed E-state index contributed by atoms with van der Waals surface area (Å²) in [6, 6.07) is 6.51. The van der Waals surface area contributed by atoms with Crippen LogP contribution in [0.15, 0.2) is 36.7 Å². The quantitative estimate of drug-likeness (QED) is 0.675. The van der Waals surface area contributed by atoms with Crippen LogP contribution in [-0.2, 0) is 6.54 Å². The first-order chi connectivity index (χ1) is 9.88. The largest absolute Gasteiger partial charge is 0.350 e. The topological polar surface area (TPSA) is 74.1 Å². The van der Waals surface area contributed by atoms with Crippen LogP contribution in [-0.4, -0.2) is 9.49 Å². The summed E-state index contributed by atoms with van der Waals surface area (Å²) in [5.41, 5.74) is 8.02. The fourth-order valence-electron chi connectivity index (χ4n) is 2.11. The number of nitrogens with zero attached hydrogens (tertiary/aromatic N) is 2. The van der Waals surface area contributed by atoms with Gasteiger partial charge >= 0.3 is 0 Å². The Morgan fingerprint density at radius 2 is 2.10 bits per heavy atom. The van der Waals surface area contributed by atoms with Gasteiger partial charge in [0, 0.05) is 37.1 Å². The molecule has 0 radical (unpaired) electrons. The SMILES string of the molecule is CC(C)C(N)c1ccn(Cc2ccc([N+](=O)[O-])cc2Cl)c1. The first-order valence-corrected chi connectivity index (χ1v) is 7.10. The molecule has 0 fully saturated rings. The minimum atomic E-state index is -0.453. The van der Waals surface area contributed by atoms with Crippen LogP contribution in [0.2, 0.25) is 5.02 Å². The zero-order valence-corrected chi connectivity index (χ0v) is 12.7. The Morgan fingerprint density at radius 1 is 1.38 bits per heavy atom. The van der Waals surface area contributed by atoms with E-state index in [2.05, 4.69) is 13.8 Å². The summed E-state index contributed by atoms with van der Waals surface area (Å²) in [6.45, 7) is 4.71. The van der Waals surface area contributed by atoms with Crippen LogP contribution in [0.1, 0.15) is 31.0 Å². The molecule has 5 nitrogen and oxygen atoms in total. The van der Waals surface area contributed by atoms with Gasteiger partial charge in [-0.2, -0.15) is 0 Å². The fourth-order valence-corrected chi connectivity index (χ4v) is 2.35. The third kappa shape index (κ3) is 3.62. The molecule has 0 saturated heterocycles. The van der Waals surface area contributed by atoms with E-state index in [9.17, 15) is 10.1 Å². The Hall–Kier alpha value is -1.85. The molecule has 2 aromatic rings. The van der Waals surface area contributed by atoms with Crippen molar-refractivity contribution in [3.05, 3.63) is 62.9 Å². The van der Waals surface area contributed by atoms with Crippen molar-refractivity contribution in [3.63, 3.8) is 0 Å². The molecule has 0 saturated carbocycles. The zero-order chi connectivity index (χ0) is 15.6. The van der Waals surface area contributed by atoms with E-state index in [1.807, 2.05) is 23.0 Å². The van der Waals surface area contributed by atoms with Crippen LogP contribution in [0, 0.1) is 16.0 Å². The number of nitro benzene ring substituents is 1. The van der Waals surface area contributed by atoms with E-state index in [-0.39, 0.29) is 11.7 Å². The lowest BCUT2D eigenvalue weighted by Crippen LogP contribution is -2.15. The Balaban J connectivity index is 2.17. The predicted molar refractivity (Wildman–Crippen MR) is 83.4 cm³/mol. The summed E-state index contributed by atoms with van der Waals surface area (Å²) in [5.74, 6) is 0.365. The molecule has 0 amide bonds. The standard InChI is InChI=1S/C15H18ClN3O2/c1-10(2)15(17)12-5-6-18(9-12)8-11-3-4-13(19(20)21)7-14(11)16/h3-7,9-10,15H,8,17H2,1-2H3. The van der Waals surface area contributed by atoms with Gasteiger partial charge in [0.2, 0.25) is 0 Å². The maximum atomic E-state index is 10.7. The number of aromatic nitrogens is 1. The van der Waals surface area contributed by atoms with Gasteiger partial charge in [-0.25, -0.2) is 0 Å². The highest BCUT2D eigenvalue weighted by Crippen LogP contribution is 2.24. The summed E-state index contributed by atoms with van der Waals surface area (Å²) in [4.78, 5) is 10.2. The van der Waals surface area contributed by atoms with E-state index in [0.29, 0.717) is 17.5 Å². The molecule has 0 bridgehead atoms. The Kier molecular flexibility index (Phi) is 4.65. The molecule has 1 aromatic heterocycles. The monoisotopic (exact) mass is 307 g/mol. The van der Waals surface area contributed by atoms with Crippen LogP contribution in [0.25, 0.3) is 0 Å². The number of halogens is 1. The lowest BCUT2D eigenvalue weighted by Gasteiger charge is -2.13. The average molecular weight is 308 g/mol. The van der Waals surface area contributed by atoms with E-state index in [0.717, 1.165) is 11.1 Å². The molecule has 0 aliphatic carbocycles. The molecule has 2 N–H and O–H groups in total. The van der Waals surface area contributed by atoms with E-state index >= 15 is 0 Å². The van der Waals surface area contributed by atoms with Crippen molar-refractivity contribution in [1.82, 2.24) is 4.57 Å². The summed E-state index contributed by atoms with van der Waals surface area (Å²) in [6.07, 6.45) is 3.93. The molecule has 6 heteroatoms. The minimum absolute atomic E-state index is 0.00113. The fraction of sp³-hybridized carbons (Fsp3) is 0.333. The number of nitro groups is 1. The third-order valence-electron chi connectivity index (χ3n) is 3.48. The van der Waals surface area contributed by atoms with Crippen molar-refractivity contribution < 1.29 is 4.92 Å². The maximum absolute atomic E-state index is 10.7. The number of non-ortho nitro benzene ring substituents is 1. The van der Waals surface area contributed by atoms with Gasteiger partial charge in [0.1, 0.15) is 0 Å². The van der Waals surface area contributed by atoms with Gasteiger partial charge in [-0.1, -0.05) is 25.4 Å². The summed E-state index contributed by atoms with van der Waals surface area (Å²) >= 11 is 6.10. The van der Waals surface area contributed by atoms with Gasteiger partial charge in [0.05, 0.1) is 9.95 Å². The first kappa shape index (κ1) is 15.5. The predicted octanol–water partition coefficient (Wildman–Crippen LogP) is 3.75. The molecular formula is C15H18ClN3O2. The van der Waals surface area contributed by atoms with Crippen LogP contribution in [0.3, 0.4) is 0 Å². The van der Waals surface area contributed by atoms with Crippen LogP contribution in [0.4, 0.5) is 5.69 Å². The third-order valence-corrected chi connectivity index (χ3v) is 3.83. The number of rotatable bonds is 5. The van der Waals surface area contributed by atoms with Crippen molar-refractivity contribution in [2.24, 2.45) is 11.7 Å². The first-order valence-electron chi connectivity index (χ1n) is 6.72. The molecule has 2 rings (SSSR count). The normalized spacial score (nSPS) is 12.6. The van der Waals surface area contributed by atoms with E-state index < -0.39 is 4.92 Å². The maximum Gasteiger partial charge on any atom is 0.270 e. The number of benzene rings is 1. The van der Waals surface area contributed by atoms with Crippen molar-refractivity contribution in [1.29, 1.82) is 0 Å². The van der Waals surface area contributed by atoms with E-state index in [1.54, 1.807) is 6.07 Å². The number of hydrogen-bond acceptors (Lipinski definition) is 3. The Labute approximate surface area is 128 Å². The highest BCUT2D eigenvalue weighted by molar-refractivity contribution is 6.31. The van der Waals surface area contributed by atoms with Gasteiger partial charge < -0.3 is 10.3 Å². The van der Waals surface area contributed by atoms with Crippen LogP contribution < -0.4 is 5.73 Å². The highest BCUT2D eigenvalue weighted by atomic mass is 35.5. The van der Waals surface area contributed by atoms with Crippen LogP contribution in [0.5, 0.6) is 0 Å². The van der Waals surface area contributed by atoms with Gasteiger partial charge in [0.15, 0.2) is 0 Å². The smallest absolute Gasteiger partial charge is 0.270 e. The summed E-state index contributed by atoms with van der Waals surface area (Å²) in [7, 11) is 0. The number of hydrogen-bond donors (Lipinski definition) is 1. The zero-order valence-electron chi connectivity index (χ0n) is 12.0. The molecule has 1 unspecified atom stereocenters. The van der Waals surface area contributed by atoms with E-state index in [1.165, 1.54) is 12.1 Å². The second kappa shape index (κ2) is 6.28. The minimum Gasteiger partial charge on any atom is -0.350 e.